The van der Waals surface area contributed by atoms with Crippen LogP contribution in [0, 0.1) is 11.7 Å². The quantitative estimate of drug-likeness (QED) is 0.927. The van der Waals surface area contributed by atoms with Crippen LogP contribution in [-0.4, -0.2) is 24.4 Å². The van der Waals surface area contributed by atoms with E-state index in [-0.39, 0.29) is 37.3 Å². The molecule has 0 radical (unpaired) electrons. The number of benzene rings is 1. The van der Waals surface area contributed by atoms with Gasteiger partial charge in [0.05, 0.1) is 0 Å². The van der Waals surface area contributed by atoms with Crippen LogP contribution in [0.5, 0.6) is 0 Å². The molecule has 3 nitrogen and oxygen atoms in total. The molecule has 0 spiro atoms. The van der Waals surface area contributed by atoms with Crippen molar-refractivity contribution < 1.29 is 9.18 Å². The first kappa shape index (κ1) is 17.2. The first-order chi connectivity index (χ1) is 7.97. The second-order valence-electron chi connectivity index (χ2n) is 4.03. The van der Waals surface area contributed by atoms with Gasteiger partial charge in [-0.25, -0.2) is 4.39 Å². The van der Waals surface area contributed by atoms with Crippen LogP contribution in [0.2, 0.25) is 5.02 Å². The number of carbonyl (C=O) groups is 1. The maximum Gasteiger partial charge on any atom is 0.226 e. The summed E-state index contributed by atoms with van der Waals surface area (Å²) < 4.78 is 13.5. The van der Waals surface area contributed by atoms with E-state index in [1.54, 1.807) is 20.0 Å². The van der Waals surface area contributed by atoms with Crippen molar-refractivity contribution >= 4 is 29.9 Å². The fourth-order valence-corrected chi connectivity index (χ4v) is 1.70. The minimum absolute atomic E-state index is 0. The Bertz CT molecular complexity index is 395. The molecule has 0 bridgehead atoms. The van der Waals surface area contributed by atoms with E-state index in [0.29, 0.717) is 10.6 Å². The lowest BCUT2D eigenvalue weighted by atomic mass is 10.1. The maximum absolute atomic E-state index is 13.5. The lowest BCUT2D eigenvalue weighted by molar-refractivity contribution is -0.133. The second kappa shape index (κ2) is 7.56. The van der Waals surface area contributed by atoms with Crippen molar-refractivity contribution in [2.45, 2.75) is 13.5 Å². The summed E-state index contributed by atoms with van der Waals surface area (Å²) in [7, 11) is 1.61. The number of nitrogens with zero attached hydrogens (tertiary/aromatic N) is 1. The van der Waals surface area contributed by atoms with Gasteiger partial charge >= 0.3 is 0 Å². The third-order valence-corrected chi connectivity index (χ3v) is 2.96. The summed E-state index contributed by atoms with van der Waals surface area (Å²) in [6.45, 7) is 2.16. The number of nitrogens with two attached hydrogens (primary N) is 1. The van der Waals surface area contributed by atoms with Crippen molar-refractivity contribution in [2.75, 3.05) is 13.6 Å². The lowest BCUT2D eigenvalue weighted by Gasteiger charge is -2.21. The van der Waals surface area contributed by atoms with Gasteiger partial charge in [0.15, 0.2) is 0 Å². The van der Waals surface area contributed by atoms with Crippen molar-refractivity contribution in [2.24, 2.45) is 11.7 Å². The van der Waals surface area contributed by atoms with Crippen LogP contribution in [0.15, 0.2) is 18.2 Å². The summed E-state index contributed by atoms with van der Waals surface area (Å²) >= 11 is 5.89. The molecular formula is C12H17Cl2FN2O. The zero-order valence-corrected chi connectivity index (χ0v) is 11.9. The number of halogens is 3. The van der Waals surface area contributed by atoms with E-state index >= 15 is 0 Å². The number of rotatable bonds is 4. The van der Waals surface area contributed by atoms with Gasteiger partial charge in [-0.2, -0.15) is 0 Å². The molecule has 0 aliphatic carbocycles. The van der Waals surface area contributed by atoms with E-state index in [9.17, 15) is 9.18 Å². The Kier molecular flexibility index (Phi) is 7.21. The summed E-state index contributed by atoms with van der Waals surface area (Å²) in [5, 5.41) is 0.324. The normalized spacial score (nSPS) is 11.6. The van der Waals surface area contributed by atoms with Gasteiger partial charge in [0.2, 0.25) is 5.91 Å². The van der Waals surface area contributed by atoms with E-state index in [4.69, 9.17) is 17.3 Å². The minimum Gasteiger partial charge on any atom is -0.341 e. The fraction of sp³-hybridized carbons (Fsp3) is 0.417. The highest BCUT2D eigenvalue weighted by Gasteiger charge is 2.18. The predicted octanol–water partition coefficient (Wildman–Crippen LogP) is 2.45. The van der Waals surface area contributed by atoms with Gasteiger partial charge in [-0.05, 0) is 12.1 Å². The summed E-state index contributed by atoms with van der Waals surface area (Å²) in [6.07, 6.45) is 0. The summed E-state index contributed by atoms with van der Waals surface area (Å²) in [4.78, 5) is 13.2. The van der Waals surface area contributed by atoms with Gasteiger partial charge in [0, 0.05) is 36.6 Å². The van der Waals surface area contributed by atoms with Crippen LogP contribution in [0.1, 0.15) is 12.5 Å². The molecule has 0 fully saturated rings. The van der Waals surface area contributed by atoms with Crippen molar-refractivity contribution in [3.63, 3.8) is 0 Å². The molecule has 0 aromatic heterocycles. The molecule has 0 saturated carbocycles. The van der Waals surface area contributed by atoms with E-state index < -0.39 is 5.82 Å². The Morgan fingerprint density at radius 3 is 2.67 bits per heavy atom. The van der Waals surface area contributed by atoms with Gasteiger partial charge in [-0.15, -0.1) is 12.4 Å². The first-order valence-electron chi connectivity index (χ1n) is 5.35. The zero-order valence-electron chi connectivity index (χ0n) is 10.3. The van der Waals surface area contributed by atoms with Crippen molar-refractivity contribution in [3.8, 4) is 0 Å². The van der Waals surface area contributed by atoms with Crippen LogP contribution in [0.4, 0.5) is 4.39 Å². The fourth-order valence-electron chi connectivity index (χ4n) is 1.48. The van der Waals surface area contributed by atoms with E-state index in [1.807, 2.05) is 0 Å². The number of hydrogen-bond donors (Lipinski definition) is 1. The van der Waals surface area contributed by atoms with E-state index in [1.165, 1.54) is 17.0 Å². The Balaban J connectivity index is 0.00000289. The van der Waals surface area contributed by atoms with Crippen LogP contribution < -0.4 is 5.73 Å². The molecule has 1 aromatic carbocycles. The third-order valence-electron chi connectivity index (χ3n) is 2.61. The van der Waals surface area contributed by atoms with Gasteiger partial charge in [0.25, 0.3) is 0 Å². The Hall–Kier alpha value is -0.840. The van der Waals surface area contributed by atoms with Crippen molar-refractivity contribution in [3.05, 3.63) is 34.6 Å². The minimum atomic E-state index is -0.405. The SMILES string of the molecule is CC(CN)C(=O)N(C)Cc1c(F)cccc1Cl.Cl. The number of hydrogen-bond acceptors (Lipinski definition) is 2. The molecule has 2 N–H and O–H groups in total. The highest BCUT2D eigenvalue weighted by molar-refractivity contribution is 6.31. The number of carbonyl (C=O) groups excluding carboxylic acids is 1. The third kappa shape index (κ3) is 4.12. The molecule has 1 amide bonds. The molecular weight excluding hydrogens is 278 g/mol. The van der Waals surface area contributed by atoms with Crippen LogP contribution in [-0.2, 0) is 11.3 Å². The second-order valence-corrected chi connectivity index (χ2v) is 4.44. The molecule has 0 heterocycles. The lowest BCUT2D eigenvalue weighted by Crippen LogP contribution is -2.34. The van der Waals surface area contributed by atoms with Crippen LogP contribution in [0.3, 0.4) is 0 Å². The van der Waals surface area contributed by atoms with Crippen LogP contribution >= 0.6 is 24.0 Å². The van der Waals surface area contributed by atoms with Crippen LogP contribution in [0.25, 0.3) is 0 Å². The average molecular weight is 295 g/mol. The molecule has 6 heteroatoms. The molecule has 1 rings (SSSR count). The predicted molar refractivity (Wildman–Crippen MR) is 73.4 cm³/mol. The molecule has 0 aliphatic heterocycles. The van der Waals surface area contributed by atoms with Gasteiger partial charge < -0.3 is 10.6 Å². The Morgan fingerprint density at radius 1 is 1.56 bits per heavy atom. The monoisotopic (exact) mass is 294 g/mol. The molecule has 0 aliphatic rings. The smallest absolute Gasteiger partial charge is 0.226 e. The highest BCUT2D eigenvalue weighted by atomic mass is 35.5. The van der Waals surface area contributed by atoms with Gasteiger partial charge in [-0.3, -0.25) is 4.79 Å². The standard InChI is InChI=1S/C12H16ClFN2O.ClH/c1-8(6-15)12(17)16(2)7-9-10(13)4-3-5-11(9)14;/h3-5,8H,6-7,15H2,1-2H3;1H. The molecule has 18 heavy (non-hydrogen) atoms. The molecule has 1 atom stereocenters. The average Bonchev–Trinajstić information content (AvgIpc) is 2.31. The highest BCUT2D eigenvalue weighted by Crippen LogP contribution is 2.20. The molecule has 1 unspecified atom stereocenters. The van der Waals surface area contributed by atoms with E-state index in [0.717, 1.165) is 0 Å². The zero-order chi connectivity index (χ0) is 13.0. The number of amides is 1. The Labute approximate surface area is 118 Å². The van der Waals surface area contributed by atoms with Gasteiger partial charge in [0.1, 0.15) is 5.82 Å². The summed E-state index contributed by atoms with van der Waals surface area (Å²) in [5.41, 5.74) is 5.74. The molecule has 102 valence electrons. The van der Waals surface area contributed by atoms with Crippen molar-refractivity contribution in [1.29, 1.82) is 0 Å². The maximum atomic E-state index is 13.5. The topological polar surface area (TPSA) is 46.3 Å². The molecule has 1 aromatic rings. The van der Waals surface area contributed by atoms with E-state index in [2.05, 4.69) is 0 Å². The van der Waals surface area contributed by atoms with Crippen molar-refractivity contribution in [1.82, 2.24) is 4.90 Å². The summed E-state index contributed by atoms with van der Waals surface area (Å²) in [5.74, 6) is -0.796. The first-order valence-corrected chi connectivity index (χ1v) is 5.73. The summed E-state index contributed by atoms with van der Waals surface area (Å²) in [6, 6.07) is 4.46. The largest absolute Gasteiger partial charge is 0.341 e. The Morgan fingerprint density at radius 2 is 2.17 bits per heavy atom. The molecule has 0 saturated heterocycles. The van der Waals surface area contributed by atoms with Gasteiger partial charge in [-0.1, -0.05) is 24.6 Å².